The van der Waals surface area contributed by atoms with Crippen molar-refractivity contribution in [1.29, 1.82) is 0 Å². The molecule has 1 heterocycles. The van der Waals surface area contributed by atoms with E-state index in [0.29, 0.717) is 11.6 Å². The van der Waals surface area contributed by atoms with Gasteiger partial charge in [-0.15, -0.1) is 0 Å². The van der Waals surface area contributed by atoms with Crippen LogP contribution in [0.1, 0.15) is 43.2 Å². The minimum Gasteiger partial charge on any atom is -0.394 e. The Morgan fingerprint density at radius 1 is 1.31 bits per heavy atom. The first kappa shape index (κ1) is 9.90. The van der Waals surface area contributed by atoms with E-state index in [2.05, 4.69) is 0 Å². The summed E-state index contributed by atoms with van der Waals surface area (Å²) in [4.78, 5) is 11.9. The Morgan fingerprint density at radius 3 is 2.56 bits per heavy atom. The highest BCUT2D eigenvalue weighted by atomic mass is 16.3. The van der Waals surface area contributed by atoms with Gasteiger partial charge in [0.15, 0.2) is 0 Å². The molecular weight excluding hydrogens is 204 g/mol. The Balaban J connectivity index is 2.04. The zero-order valence-electron chi connectivity index (χ0n) is 9.10. The standard InChI is InChI=1S/C12H16N2O2/c13-9-5-8(7-1-2-7)6-14(12(9)16)10-3-4-11(10)15/h5-7,10-11,15H,1-4,13H2/t10-,11-/m1/s1. The van der Waals surface area contributed by atoms with E-state index in [4.69, 9.17) is 5.73 Å². The van der Waals surface area contributed by atoms with E-state index in [1.807, 2.05) is 6.20 Å². The van der Waals surface area contributed by atoms with Gasteiger partial charge in [-0.05, 0) is 43.2 Å². The maximum Gasteiger partial charge on any atom is 0.274 e. The smallest absolute Gasteiger partial charge is 0.274 e. The second-order valence-corrected chi connectivity index (χ2v) is 4.93. The lowest BCUT2D eigenvalue weighted by molar-refractivity contribution is 0.0299. The lowest BCUT2D eigenvalue weighted by Crippen LogP contribution is -2.39. The van der Waals surface area contributed by atoms with Crippen molar-refractivity contribution in [3.05, 3.63) is 28.2 Å². The van der Waals surface area contributed by atoms with Gasteiger partial charge in [-0.1, -0.05) is 0 Å². The average Bonchev–Trinajstić information content (AvgIpc) is 3.05. The molecule has 1 aromatic heterocycles. The van der Waals surface area contributed by atoms with Crippen LogP contribution in [-0.4, -0.2) is 15.8 Å². The first-order chi connectivity index (χ1) is 7.66. The van der Waals surface area contributed by atoms with Crippen molar-refractivity contribution in [2.75, 3.05) is 5.73 Å². The van der Waals surface area contributed by atoms with E-state index in [0.717, 1.165) is 18.4 Å². The Hall–Kier alpha value is -1.29. The molecule has 0 aromatic carbocycles. The summed E-state index contributed by atoms with van der Waals surface area (Å²) in [5.41, 5.74) is 7.03. The van der Waals surface area contributed by atoms with Crippen LogP contribution >= 0.6 is 0 Å². The molecular formula is C12H16N2O2. The van der Waals surface area contributed by atoms with Crippen LogP contribution in [0.25, 0.3) is 0 Å². The van der Waals surface area contributed by atoms with Crippen LogP contribution in [0.15, 0.2) is 17.1 Å². The van der Waals surface area contributed by atoms with Gasteiger partial charge in [0.1, 0.15) is 0 Å². The summed E-state index contributed by atoms with van der Waals surface area (Å²) in [7, 11) is 0. The SMILES string of the molecule is Nc1cc(C2CC2)cn([C@@H]2CC[C@H]2O)c1=O. The topological polar surface area (TPSA) is 68.2 Å². The molecule has 2 saturated carbocycles. The van der Waals surface area contributed by atoms with Gasteiger partial charge in [0, 0.05) is 6.20 Å². The maximum absolute atomic E-state index is 11.9. The highest BCUT2D eigenvalue weighted by Crippen LogP contribution is 2.41. The fourth-order valence-corrected chi connectivity index (χ4v) is 2.32. The van der Waals surface area contributed by atoms with Gasteiger partial charge in [-0.3, -0.25) is 4.79 Å². The third kappa shape index (κ3) is 1.45. The van der Waals surface area contributed by atoms with Crippen molar-refractivity contribution < 1.29 is 5.11 Å². The maximum atomic E-state index is 11.9. The number of nitrogen functional groups attached to an aromatic ring is 1. The molecule has 86 valence electrons. The molecule has 1 aromatic rings. The minimum atomic E-state index is -0.383. The first-order valence-corrected chi connectivity index (χ1v) is 5.86. The fourth-order valence-electron chi connectivity index (χ4n) is 2.32. The van der Waals surface area contributed by atoms with E-state index >= 15 is 0 Å². The highest BCUT2D eigenvalue weighted by molar-refractivity contribution is 5.40. The average molecular weight is 220 g/mol. The lowest BCUT2D eigenvalue weighted by Gasteiger charge is -2.34. The number of hydrogen-bond donors (Lipinski definition) is 2. The summed E-state index contributed by atoms with van der Waals surface area (Å²) in [5.74, 6) is 0.575. The summed E-state index contributed by atoms with van der Waals surface area (Å²) in [6.07, 6.45) is 5.53. The summed E-state index contributed by atoms with van der Waals surface area (Å²) < 4.78 is 1.64. The van der Waals surface area contributed by atoms with Crippen LogP contribution in [0, 0.1) is 0 Å². The van der Waals surface area contributed by atoms with Gasteiger partial charge < -0.3 is 15.4 Å². The fraction of sp³-hybridized carbons (Fsp3) is 0.583. The highest BCUT2D eigenvalue weighted by Gasteiger charge is 2.33. The summed E-state index contributed by atoms with van der Waals surface area (Å²) in [6, 6.07) is 1.73. The zero-order chi connectivity index (χ0) is 11.3. The van der Waals surface area contributed by atoms with Crippen molar-refractivity contribution in [2.45, 2.75) is 43.7 Å². The number of rotatable bonds is 2. The molecule has 0 unspecified atom stereocenters. The van der Waals surface area contributed by atoms with Crippen LogP contribution in [0.2, 0.25) is 0 Å². The number of aromatic nitrogens is 1. The number of nitrogens with two attached hydrogens (primary N) is 1. The molecule has 0 saturated heterocycles. The lowest BCUT2D eigenvalue weighted by atomic mass is 9.88. The largest absolute Gasteiger partial charge is 0.394 e. The molecule has 2 aliphatic rings. The van der Waals surface area contributed by atoms with Gasteiger partial charge in [0.25, 0.3) is 5.56 Å². The molecule has 4 nitrogen and oxygen atoms in total. The number of nitrogens with zero attached hydrogens (tertiary/aromatic N) is 1. The van der Waals surface area contributed by atoms with Crippen molar-refractivity contribution in [2.24, 2.45) is 0 Å². The van der Waals surface area contributed by atoms with E-state index in [1.54, 1.807) is 10.6 Å². The zero-order valence-corrected chi connectivity index (χ0v) is 9.10. The molecule has 4 heteroatoms. The van der Waals surface area contributed by atoms with E-state index in [-0.39, 0.29) is 17.7 Å². The molecule has 0 spiro atoms. The molecule has 0 bridgehead atoms. The van der Waals surface area contributed by atoms with Gasteiger partial charge >= 0.3 is 0 Å². The molecule has 2 aliphatic carbocycles. The molecule has 2 atom stereocenters. The Labute approximate surface area is 93.7 Å². The third-order valence-electron chi connectivity index (χ3n) is 3.70. The molecule has 0 radical (unpaired) electrons. The van der Waals surface area contributed by atoms with Crippen LogP contribution in [0.5, 0.6) is 0 Å². The number of pyridine rings is 1. The monoisotopic (exact) mass is 220 g/mol. The molecule has 3 rings (SSSR count). The quantitative estimate of drug-likeness (QED) is 0.781. The summed E-state index contributed by atoms with van der Waals surface area (Å²) in [5, 5.41) is 9.62. The van der Waals surface area contributed by atoms with Crippen molar-refractivity contribution in [3.8, 4) is 0 Å². The van der Waals surface area contributed by atoms with Crippen LogP contribution < -0.4 is 11.3 Å². The summed E-state index contributed by atoms with van der Waals surface area (Å²) >= 11 is 0. The summed E-state index contributed by atoms with van der Waals surface area (Å²) in [6.45, 7) is 0. The molecule has 0 amide bonds. The normalized spacial score (nSPS) is 28.8. The molecule has 2 fully saturated rings. The van der Waals surface area contributed by atoms with Crippen LogP contribution in [-0.2, 0) is 0 Å². The number of aliphatic hydroxyl groups excluding tert-OH is 1. The van der Waals surface area contributed by atoms with Gasteiger partial charge in [-0.25, -0.2) is 0 Å². The van der Waals surface area contributed by atoms with Crippen molar-refractivity contribution >= 4 is 5.69 Å². The van der Waals surface area contributed by atoms with E-state index in [1.165, 1.54) is 12.8 Å². The molecule has 0 aliphatic heterocycles. The minimum absolute atomic E-state index is 0.0616. The number of hydrogen-bond acceptors (Lipinski definition) is 3. The van der Waals surface area contributed by atoms with Gasteiger partial charge in [0.2, 0.25) is 0 Å². The molecule has 3 N–H and O–H groups in total. The van der Waals surface area contributed by atoms with Gasteiger partial charge in [-0.2, -0.15) is 0 Å². The Morgan fingerprint density at radius 2 is 2.06 bits per heavy atom. The van der Waals surface area contributed by atoms with Crippen LogP contribution in [0.3, 0.4) is 0 Å². The third-order valence-corrected chi connectivity index (χ3v) is 3.70. The second-order valence-electron chi connectivity index (χ2n) is 4.93. The van der Waals surface area contributed by atoms with Gasteiger partial charge in [0.05, 0.1) is 17.8 Å². The van der Waals surface area contributed by atoms with E-state index < -0.39 is 0 Å². The Kier molecular flexibility index (Phi) is 2.07. The number of anilines is 1. The second kappa shape index (κ2) is 3.35. The predicted molar refractivity (Wildman–Crippen MR) is 61.4 cm³/mol. The Bertz CT molecular complexity index is 476. The first-order valence-electron chi connectivity index (χ1n) is 5.86. The van der Waals surface area contributed by atoms with Crippen molar-refractivity contribution in [3.63, 3.8) is 0 Å². The van der Waals surface area contributed by atoms with E-state index in [9.17, 15) is 9.90 Å². The van der Waals surface area contributed by atoms with Crippen molar-refractivity contribution in [1.82, 2.24) is 4.57 Å². The molecule has 16 heavy (non-hydrogen) atoms. The predicted octanol–water partition coefficient (Wildman–Crippen LogP) is 1.00. The van der Waals surface area contributed by atoms with Crippen LogP contribution in [0.4, 0.5) is 5.69 Å². The number of aliphatic hydroxyl groups is 1.